The summed E-state index contributed by atoms with van der Waals surface area (Å²) in [4.78, 5) is 24.9. The molecule has 4 unspecified atom stereocenters. The summed E-state index contributed by atoms with van der Waals surface area (Å²) >= 11 is 0. The zero-order chi connectivity index (χ0) is 14.4. The number of ether oxygens (including phenoxy) is 1. The number of piperidine rings is 1. The Morgan fingerprint density at radius 3 is 2.37 bits per heavy atom. The van der Waals surface area contributed by atoms with Gasteiger partial charge in [0, 0.05) is 6.04 Å². The van der Waals surface area contributed by atoms with Crippen molar-refractivity contribution in [1.82, 2.24) is 4.90 Å². The highest BCUT2D eigenvalue weighted by Gasteiger charge is 2.53. The number of carboxylic acid groups (broad SMARTS) is 1. The minimum atomic E-state index is -0.907. The monoisotopic (exact) mass is 271 g/mol. The molecule has 0 saturated carbocycles. The number of fused-ring (bicyclic) bond motifs is 2. The molecule has 2 aliphatic heterocycles. The highest BCUT2D eigenvalue weighted by molar-refractivity contribution is 5.76. The van der Waals surface area contributed by atoms with Gasteiger partial charge in [0.2, 0.25) is 0 Å². The minimum absolute atomic E-state index is 0.306. The van der Waals surface area contributed by atoms with Gasteiger partial charge in [0.1, 0.15) is 5.60 Å². The lowest BCUT2D eigenvalue weighted by molar-refractivity contribution is -0.142. The van der Waals surface area contributed by atoms with E-state index in [4.69, 9.17) is 4.74 Å². The number of hydrogen-bond donors (Lipinski definition) is 2. The van der Waals surface area contributed by atoms with E-state index in [1.54, 1.807) is 20.8 Å². The molecule has 0 aromatic carbocycles. The minimum Gasteiger partial charge on any atom is -0.481 e. The second-order valence-corrected chi connectivity index (χ2v) is 6.35. The SMILES string of the molecule is CC(C)(C)OC(=O)N1C2CC(C(=O)O)C1CCC2O. The largest absolute Gasteiger partial charge is 0.481 e. The molecule has 6 nitrogen and oxygen atoms in total. The smallest absolute Gasteiger partial charge is 0.410 e. The van der Waals surface area contributed by atoms with Gasteiger partial charge in [0.15, 0.2) is 0 Å². The maximum Gasteiger partial charge on any atom is 0.410 e. The van der Waals surface area contributed by atoms with E-state index in [-0.39, 0.29) is 6.04 Å². The van der Waals surface area contributed by atoms with Gasteiger partial charge in [-0.05, 0) is 40.0 Å². The van der Waals surface area contributed by atoms with E-state index >= 15 is 0 Å². The Bertz CT molecular complexity index is 389. The van der Waals surface area contributed by atoms with Crippen LogP contribution in [0.2, 0.25) is 0 Å². The van der Waals surface area contributed by atoms with Crippen molar-refractivity contribution in [2.45, 2.75) is 63.8 Å². The van der Waals surface area contributed by atoms with Crippen LogP contribution in [0.25, 0.3) is 0 Å². The quantitative estimate of drug-likeness (QED) is 0.748. The van der Waals surface area contributed by atoms with Crippen LogP contribution < -0.4 is 0 Å². The third kappa shape index (κ3) is 2.68. The van der Waals surface area contributed by atoms with E-state index in [1.165, 1.54) is 4.90 Å². The fraction of sp³-hybridized carbons (Fsp3) is 0.846. The molecule has 4 atom stereocenters. The molecule has 6 heteroatoms. The fourth-order valence-corrected chi connectivity index (χ4v) is 3.04. The number of rotatable bonds is 1. The summed E-state index contributed by atoms with van der Waals surface area (Å²) in [6.45, 7) is 5.30. The zero-order valence-corrected chi connectivity index (χ0v) is 11.5. The van der Waals surface area contributed by atoms with Crippen molar-refractivity contribution in [2.75, 3.05) is 0 Å². The molecule has 1 amide bonds. The molecular weight excluding hydrogens is 250 g/mol. The second-order valence-electron chi connectivity index (χ2n) is 6.35. The van der Waals surface area contributed by atoms with Gasteiger partial charge < -0.3 is 14.9 Å². The van der Waals surface area contributed by atoms with Gasteiger partial charge in [-0.15, -0.1) is 0 Å². The maximum absolute atomic E-state index is 12.2. The third-order valence-corrected chi connectivity index (χ3v) is 3.80. The number of aliphatic hydroxyl groups excluding tert-OH is 1. The highest BCUT2D eigenvalue weighted by Crippen LogP contribution is 2.40. The van der Waals surface area contributed by atoms with Crippen LogP contribution >= 0.6 is 0 Å². The van der Waals surface area contributed by atoms with E-state index in [9.17, 15) is 19.8 Å². The second kappa shape index (κ2) is 4.67. The number of carbonyl (C=O) groups excluding carboxylic acids is 1. The van der Waals surface area contributed by atoms with Crippen LogP contribution in [0.4, 0.5) is 4.79 Å². The number of hydrogen-bond acceptors (Lipinski definition) is 4. The molecule has 0 aromatic heterocycles. The Balaban J connectivity index is 2.20. The Labute approximate surface area is 112 Å². The highest BCUT2D eigenvalue weighted by atomic mass is 16.6. The molecule has 0 radical (unpaired) electrons. The summed E-state index contributed by atoms with van der Waals surface area (Å²) in [7, 11) is 0. The number of nitrogens with zero attached hydrogens (tertiary/aromatic N) is 1. The standard InChI is InChI=1S/C13H21NO5/c1-13(2,3)19-12(18)14-8-4-5-10(15)9(14)6-7(8)11(16)17/h7-10,15H,4-6H2,1-3H3,(H,16,17). The lowest BCUT2D eigenvalue weighted by atomic mass is 9.97. The van der Waals surface area contributed by atoms with Crippen LogP contribution in [-0.4, -0.2) is 51.0 Å². The Morgan fingerprint density at radius 1 is 1.21 bits per heavy atom. The molecule has 0 spiro atoms. The van der Waals surface area contributed by atoms with Gasteiger partial charge in [0.05, 0.1) is 18.1 Å². The van der Waals surface area contributed by atoms with Gasteiger partial charge >= 0.3 is 12.1 Å². The van der Waals surface area contributed by atoms with Crippen molar-refractivity contribution >= 4 is 12.1 Å². The normalized spacial score (nSPS) is 34.2. The first-order valence-electron chi connectivity index (χ1n) is 6.63. The molecule has 2 N–H and O–H groups in total. The van der Waals surface area contributed by atoms with Crippen LogP contribution in [0.1, 0.15) is 40.0 Å². The van der Waals surface area contributed by atoms with Gasteiger partial charge in [-0.25, -0.2) is 4.79 Å². The van der Waals surface area contributed by atoms with Crippen LogP contribution in [0, 0.1) is 5.92 Å². The van der Waals surface area contributed by atoms with E-state index in [2.05, 4.69) is 0 Å². The zero-order valence-electron chi connectivity index (χ0n) is 11.5. The summed E-state index contributed by atoms with van der Waals surface area (Å²) in [5, 5.41) is 19.2. The molecule has 19 heavy (non-hydrogen) atoms. The number of carboxylic acids is 1. The van der Waals surface area contributed by atoms with E-state index in [0.29, 0.717) is 19.3 Å². The number of carbonyl (C=O) groups is 2. The molecule has 2 saturated heterocycles. The Hall–Kier alpha value is -1.30. The third-order valence-electron chi connectivity index (χ3n) is 3.80. The van der Waals surface area contributed by atoms with Crippen molar-refractivity contribution in [3.63, 3.8) is 0 Å². The molecule has 0 aliphatic carbocycles. The van der Waals surface area contributed by atoms with Crippen LogP contribution in [0.5, 0.6) is 0 Å². The molecule has 108 valence electrons. The van der Waals surface area contributed by atoms with E-state index in [0.717, 1.165) is 0 Å². The van der Waals surface area contributed by atoms with Crippen molar-refractivity contribution in [3.8, 4) is 0 Å². The lowest BCUT2D eigenvalue weighted by Gasteiger charge is -2.38. The molecular formula is C13H21NO5. The summed E-state index contributed by atoms with van der Waals surface area (Å²) in [5.41, 5.74) is -0.627. The number of aliphatic hydroxyl groups is 1. The summed E-state index contributed by atoms with van der Waals surface area (Å²) in [6, 6.07) is -0.796. The predicted octanol–water partition coefficient (Wildman–Crippen LogP) is 1.22. The maximum atomic E-state index is 12.2. The lowest BCUT2D eigenvalue weighted by Crippen LogP contribution is -2.52. The first-order valence-corrected chi connectivity index (χ1v) is 6.63. The molecule has 2 heterocycles. The van der Waals surface area contributed by atoms with Gasteiger partial charge in [0.25, 0.3) is 0 Å². The van der Waals surface area contributed by atoms with E-state index in [1.807, 2.05) is 0 Å². The molecule has 2 rings (SSSR count). The van der Waals surface area contributed by atoms with Gasteiger partial charge in [-0.1, -0.05) is 0 Å². The summed E-state index contributed by atoms with van der Waals surface area (Å²) in [5.74, 6) is -1.51. The Kier molecular flexibility index (Phi) is 3.47. The van der Waals surface area contributed by atoms with Crippen molar-refractivity contribution in [1.29, 1.82) is 0 Å². The number of aliphatic carboxylic acids is 1. The van der Waals surface area contributed by atoms with E-state index < -0.39 is 35.7 Å². The summed E-state index contributed by atoms with van der Waals surface area (Å²) < 4.78 is 5.32. The first kappa shape index (κ1) is 14.1. The van der Waals surface area contributed by atoms with Crippen LogP contribution in [-0.2, 0) is 9.53 Å². The van der Waals surface area contributed by atoms with Gasteiger partial charge in [-0.2, -0.15) is 0 Å². The topological polar surface area (TPSA) is 87.1 Å². The predicted molar refractivity (Wildman–Crippen MR) is 66.6 cm³/mol. The van der Waals surface area contributed by atoms with Crippen molar-refractivity contribution in [2.24, 2.45) is 5.92 Å². The number of amides is 1. The fourth-order valence-electron chi connectivity index (χ4n) is 3.04. The molecule has 2 bridgehead atoms. The van der Waals surface area contributed by atoms with Gasteiger partial charge in [-0.3, -0.25) is 9.69 Å². The average Bonchev–Trinajstić information content (AvgIpc) is 2.54. The molecule has 0 aromatic rings. The molecule has 2 aliphatic rings. The van der Waals surface area contributed by atoms with Crippen molar-refractivity contribution < 1.29 is 24.5 Å². The van der Waals surface area contributed by atoms with Crippen molar-refractivity contribution in [3.05, 3.63) is 0 Å². The van der Waals surface area contributed by atoms with Crippen LogP contribution in [0.3, 0.4) is 0 Å². The average molecular weight is 271 g/mol. The first-order chi connectivity index (χ1) is 8.70. The Morgan fingerprint density at radius 2 is 1.84 bits per heavy atom. The molecule has 2 fully saturated rings. The summed E-state index contributed by atoms with van der Waals surface area (Å²) in [6.07, 6.45) is 0.172. The van der Waals surface area contributed by atoms with Crippen LogP contribution in [0.15, 0.2) is 0 Å².